The molecule has 0 radical (unpaired) electrons. The Morgan fingerprint density at radius 3 is 2.82 bits per heavy atom. The first-order chi connectivity index (χ1) is 10.6. The van der Waals surface area contributed by atoms with Gasteiger partial charge in [-0.1, -0.05) is 12.1 Å². The third-order valence-corrected chi connectivity index (χ3v) is 4.22. The number of nitrogens with one attached hydrogen (secondary N) is 1. The molecule has 0 aliphatic rings. The Hall–Kier alpha value is -2.05. The minimum absolute atomic E-state index is 0.245. The number of rotatable bonds is 5. The molecule has 2 aromatic heterocycles. The maximum Gasteiger partial charge on any atom is 0.132 e. The number of halogens is 1. The molecular formula is C16H17FN4S. The zero-order valence-electron chi connectivity index (χ0n) is 12.5. The van der Waals surface area contributed by atoms with Crippen LogP contribution in [0.25, 0.3) is 11.3 Å². The minimum Gasteiger partial charge on any atom is -0.296 e. The zero-order valence-corrected chi connectivity index (χ0v) is 13.3. The first kappa shape index (κ1) is 14.9. The van der Waals surface area contributed by atoms with Crippen molar-refractivity contribution < 1.29 is 4.39 Å². The summed E-state index contributed by atoms with van der Waals surface area (Å²) in [6.45, 7) is 3.43. The molecule has 4 nitrogen and oxygen atoms in total. The smallest absolute Gasteiger partial charge is 0.132 e. The van der Waals surface area contributed by atoms with E-state index in [0.717, 1.165) is 28.5 Å². The molecule has 0 aliphatic heterocycles. The summed E-state index contributed by atoms with van der Waals surface area (Å²) >= 11 is 1.65. The monoisotopic (exact) mass is 316 g/mol. The molecule has 0 amide bonds. The van der Waals surface area contributed by atoms with E-state index >= 15 is 0 Å². The van der Waals surface area contributed by atoms with Gasteiger partial charge in [-0.3, -0.25) is 10.00 Å². The average Bonchev–Trinajstić information content (AvgIpc) is 3.09. The molecule has 0 spiro atoms. The summed E-state index contributed by atoms with van der Waals surface area (Å²) in [5.74, 6) is -0.245. The van der Waals surface area contributed by atoms with Crippen LogP contribution < -0.4 is 0 Å². The van der Waals surface area contributed by atoms with Crippen LogP contribution in [0.5, 0.6) is 0 Å². The molecule has 0 saturated heterocycles. The fourth-order valence-electron chi connectivity index (χ4n) is 2.43. The highest BCUT2D eigenvalue weighted by molar-refractivity contribution is 7.09. The Balaban J connectivity index is 1.76. The number of aromatic nitrogens is 3. The lowest BCUT2D eigenvalue weighted by molar-refractivity contribution is 0.316. The molecule has 3 aromatic rings. The van der Waals surface area contributed by atoms with Gasteiger partial charge in [-0.25, -0.2) is 9.37 Å². The van der Waals surface area contributed by atoms with Crippen molar-refractivity contribution in [2.75, 3.05) is 7.05 Å². The van der Waals surface area contributed by atoms with Crippen LogP contribution in [-0.4, -0.2) is 27.1 Å². The molecule has 2 heterocycles. The van der Waals surface area contributed by atoms with E-state index in [1.54, 1.807) is 29.7 Å². The van der Waals surface area contributed by atoms with Crippen molar-refractivity contribution >= 4 is 11.3 Å². The average molecular weight is 316 g/mol. The Bertz CT molecular complexity index is 765. The third-order valence-electron chi connectivity index (χ3n) is 3.40. The molecule has 0 aliphatic carbocycles. The van der Waals surface area contributed by atoms with Crippen molar-refractivity contribution in [3.63, 3.8) is 0 Å². The lowest BCUT2D eigenvalue weighted by Crippen LogP contribution is -2.17. The number of H-pyrrole nitrogens is 1. The predicted octanol–water partition coefficient (Wildman–Crippen LogP) is 3.61. The second kappa shape index (κ2) is 6.37. The van der Waals surface area contributed by atoms with Crippen molar-refractivity contribution in [2.45, 2.75) is 20.0 Å². The summed E-state index contributed by atoms with van der Waals surface area (Å²) in [7, 11) is 2.02. The summed E-state index contributed by atoms with van der Waals surface area (Å²) in [4.78, 5) is 6.61. The molecular weight excluding hydrogens is 299 g/mol. The minimum atomic E-state index is -0.245. The van der Waals surface area contributed by atoms with Crippen LogP contribution in [0.4, 0.5) is 4.39 Å². The highest BCUT2D eigenvalue weighted by atomic mass is 32.1. The summed E-state index contributed by atoms with van der Waals surface area (Å²) in [5.41, 5.74) is 3.31. The Morgan fingerprint density at radius 1 is 1.27 bits per heavy atom. The van der Waals surface area contributed by atoms with E-state index in [9.17, 15) is 4.39 Å². The van der Waals surface area contributed by atoms with E-state index in [-0.39, 0.29) is 5.82 Å². The highest BCUT2D eigenvalue weighted by Gasteiger charge is 2.13. The van der Waals surface area contributed by atoms with Gasteiger partial charge in [0.2, 0.25) is 0 Å². The first-order valence-electron chi connectivity index (χ1n) is 7.00. The molecule has 114 valence electrons. The van der Waals surface area contributed by atoms with Gasteiger partial charge in [-0.15, -0.1) is 11.3 Å². The van der Waals surface area contributed by atoms with E-state index in [4.69, 9.17) is 0 Å². The number of hydrogen-bond acceptors (Lipinski definition) is 4. The fourth-order valence-corrected chi connectivity index (χ4v) is 3.04. The van der Waals surface area contributed by atoms with Gasteiger partial charge < -0.3 is 0 Å². The second-order valence-electron chi connectivity index (χ2n) is 5.28. The Labute approximate surface area is 132 Å². The van der Waals surface area contributed by atoms with Gasteiger partial charge in [0.15, 0.2) is 0 Å². The Kier molecular flexibility index (Phi) is 4.31. The van der Waals surface area contributed by atoms with Gasteiger partial charge in [-0.2, -0.15) is 5.10 Å². The number of aryl methyl sites for hydroxylation is 1. The normalized spacial score (nSPS) is 11.3. The molecule has 1 N–H and O–H groups in total. The number of hydrogen-bond donors (Lipinski definition) is 1. The number of thiazole rings is 1. The van der Waals surface area contributed by atoms with Crippen LogP contribution in [0.15, 0.2) is 35.8 Å². The van der Waals surface area contributed by atoms with Crippen molar-refractivity contribution in [1.82, 2.24) is 20.1 Å². The van der Waals surface area contributed by atoms with Gasteiger partial charge in [0.1, 0.15) is 5.82 Å². The molecule has 0 saturated carbocycles. The molecule has 0 bridgehead atoms. The predicted molar refractivity (Wildman–Crippen MR) is 86.0 cm³/mol. The summed E-state index contributed by atoms with van der Waals surface area (Å²) < 4.78 is 13.9. The summed E-state index contributed by atoms with van der Waals surface area (Å²) in [6.07, 6.45) is 1.75. The maximum atomic E-state index is 13.9. The second-order valence-corrected chi connectivity index (χ2v) is 6.34. The lowest BCUT2D eigenvalue weighted by Gasteiger charge is -2.15. The van der Waals surface area contributed by atoms with Crippen LogP contribution in [-0.2, 0) is 13.1 Å². The van der Waals surface area contributed by atoms with E-state index in [1.807, 2.05) is 20.0 Å². The molecule has 0 atom stereocenters. The zero-order chi connectivity index (χ0) is 15.5. The van der Waals surface area contributed by atoms with E-state index in [1.165, 1.54) is 6.07 Å². The van der Waals surface area contributed by atoms with Gasteiger partial charge >= 0.3 is 0 Å². The van der Waals surface area contributed by atoms with E-state index < -0.39 is 0 Å². The highest BCUT2D eigenvalue weighted by Crippen LogP contribution is 2.25. The Morgan fingerprint density at radius 2 is 2.09 bits per heavy atom. The van der Waals surface area contributed by atoms with Gasteiger partial charge in [0.05, 0.1) is 22.6 Å². The standard InChI is InChI=1S/C16H17FN4S/c1-11-19-13(10-22-11)9-21(2)8-12-7-18-20-16(12)14-5-3-4-6-15(14)17/h3-7,10H,8-9H2,1-2H3,(H,18,20). The van der Waals surface area contributed by atoms with Crippen molar-refractivity contribution in [2.24, 2.45) is 0 Å². The topological polar surface area (TPSA) is 44.8 Å². The lowest BCUT2D eigenvalue weighted by atomic mass is 10.1. The SMILES string of the molecule is Cc1nc(CN(C)Cc2cn[nH]c2-c2ccccc2F)cs1. The van der Waals surface area contributed by atoms with Crippen molar-refractivity contribution in [3.05, 3.63) is 57.9 Å². The van der Waals surface area contributed by atoms with Gasteiger partial charge in [0, 0.05) is 29.6 Å². The van der Waals surface area contributed by atoms with E-state index in [0.29, 0.717) is 12.1 Å². The quantitative estimate of drug-likeness (QED) is 0.782. The molecule has 6 heteroatoms. The molecule has 0 fully saturated rings. The van der Waals surface area contributed by atoms with Crippen molar-refractivity contribution in [1.29, 1.82) is 0 Å². The maximum absolute atomic E-state index is 13.9. The molecule has 1 aromatic carbocycles. The summed E-state index contributed by atoms with van der Waals surface area (Å²) in [5, 5.41) is 10.1. The van der Waals surface area contributed by atoms with Gasteiger partial charge in [-0.05, 0) is 26.1 Å². The van der Waals surface area contributed by atoms with Crippen LogP contribution in [0.3, 0.4) is 0 Å². The number of aromatic amines is 1. The number of nitrogens with zero attached hydrogens (tertiary/aromatic N) is 3. The van der Waals surface area contributed by atoms with Crippen LogP contribution in [0.2, 0.25) is 0 Å². The first-order valence-corrected chi connectivity index (χ1v) is 7.88. The fraction of sp³-hybridized carbons (Fsp3) is 0.250. The third kappa shape index (κ3) is 3.23. The van der Waals surface area contributed by atoms with Crippen molar-refractivity contribution in [3.8, 4) is 11.3 Å². The van der Waals surface area contributed by atoms with Crippen LogP contribution in [0, 0.1) is 12.7 Å². The van der Waals surface area contributed by atoms with Crippen LogP contribution >= 0.6 is 11.3 Å². The van der Waals surface area contributed by atoms with Gasteiger partial charge in [0.25, 0.3) is 0 Å². The largest absolute Gasteiger partial charge is 0.296 e. The molecule has 3 rings (SSSR count). The molecule has 0 unspecified atom stereocenters. The number of benzene rings is 1. The van der Waals surface area contributed by atoms with E-state index in [2.05, 4.69) is 25.5 Å². The molecule has 22 heavy (non-hydrogen) atoms. The van der Waals surface area contributed by atoms with Crippen LogP contribution in [0.1, 0.15) is 16.3 Å². The summed E-state index contributed by atoms with van der Waals surface area (Å²) in [6, 6.07) is 6.73.